The predicted octanol–water partition coefficient (Wildman–Crippen LogP) is 1.27. The molecule has 0 radical (unpaired) electrons. The van der Waals surface area contributed by atoms with Crippen LogP contribution in [0, 0.1) is 6.92 Å². The molecule has 0 aliphatic heterocycles. The van der Waals surface area contributed by atoms with Crippen molar-refractivity contribution in [1.29, 1.82) is 0 Å². The second kappa shape index (κ2) is 3.72. The smallest absolute Gasteiger partial charge is 0.105 e. The lowest BCUT2D eigenvalue weighted by atomic mass is 10.3. The lowest BCUT2D eigenvalue weighted by Gasteiger charge is -2.13. The van der Waals surface area contributed by atoms with Crippen LogP contribution in [-0.2, 0) is 6.42 Å². The van der Waals surface area contributed by atoms with Gasteiger partial charge < -0.3 is 10.3 Å². The van der Waals surface area contributed by atoms with Crippen LogP contribution in [0.25, 0.3) is 0 Å². The van der Waals surface area contributed by atoms with E-state index in [0.717, 1.165) is 12.2 Å². The summed E-state index contributed by atoms with van der Waals surface area (Å²) < 4.78 is 2.23. The van der Waals surface area contributed by atoms with Crippen LogP contribution in [0.4, 0.5) is 0 Å². The molecular weight excluding hydrogens is 150 g/mol. The normalized spacial score (nSPS) is 11.1. The van der Waals surface area contributed by atoms with Crippen LogP contribution in [-0.4, -0.2) is 16.1 Å². The van der Waals surface area contributed by atoms with Crippen molar-refractivity contribution in [2.24, 2.45) is 5.73 Å². The number of rotatable bonds is 3. The Labute approximate surface area is 73.6 Å². The Morgan fingerprint density at radius 1 is 1.58 bits per heavy atom. The first kappa shape index (κ1) is 9.26. The summed E-state index contributed by atoms with van der Waals surface area (Å²) >= 11 is 0. The van der Waals surface area contributed by atoms with Crippen molar-refractivity contribution in [2.45, 2.75) is 33.2 Å². The molecule has 0 saturated carbocycles. The van der Waals surface area contributed by atoms with E-state index in [-0.39, 0.29) is 0 Å². The van der Waals surface area contributed by atoms with Crippen molar-refractivity contribution in [3.05, 3.63) is 17.7 Å². The summed E-state index contributed by atoms with van der Waals surface area (Å²) in [6.07, 6.45) is 2.83. The lowest BCUT2D eigenvalue weighted by Crippen LogP contribution is -2.11. The Morgan fingerprint density at radius 3 is 2.75 bits per heavy atom. The van der Waals surface area contributed by atoms with E-state index in [1.54, 1.807) is 0 Å². The highest BCUT2D eigenvalue weighted by Gasteiger charge is 2.07. The molecule has 1 heterocycles. The minimum absolute atomic E-state index is 0.481. The SMILES string of the molecule is Cc1ncc(CCN)n1C(C)C. The van der Waals surface area contributed by atoms with Gasteiger partial charge in [-0.1, -0.05) is 0 Å². The van der Waals surface area contributed by atoms with Crippen LogP contribution in [0.5, 0.6) is 0 Å². The molecule has 3 heteroatoms. The van der Waals surface area contributed by atoms with Gasteiger partial charge in [-0.05, 0) is 27.3 Å². The molecule has 0 unspecified atom stereocenters. The maximum absolute atomic E-state index is 5.50. The van der Waals surface area contributed by atoms with E-state index < -0.39 is 0 Å². The molecule has 1 aromatic heterocycles. The van der Waals surface area contributed by atoms with Crippen LogP contribution in [0.3, 0.4) is 0 Å². The molecule has 68 valence electrons. The fourth-order valence-electron chi connectivity index (χ4n) is 1.54. The summed E-state index contributed by atoms with van der Waals surface area (Å²) in [7, 11) is 0. The highest BCUT2D eigenvalue weighted by atomic mass is 15.1. The number of hydrogen-bond donors (Lipinski definition) is 1. The summed E-state index contributed by atoms with van der Waals surface area (Å²) in [5, 5.41) is 0. The Balaban J connectivity index is 2.95. The third kappa shape index (κ3) is 1.67. The quantitative estimate of drug-likeness (QED) is 0.736. The Kier molecular flexibility index (Phi) is 2.87. The third-order valence-electron chi connectivity index (χ3n) is 1.98. The standard InChI is InChI=1S/C9H17N3/c1-7(2)12-8(3)11-6-9(12)4-5-10/h6-7H,4-5,10H2,1-3H3. The maximum Gasteiger partial charge on any atom is 0.105 e. The van der Waals surface area contributed by atoms with Gasteiger partial charge in [0.15, 0.2) is 0 Å². The minimum atomic E-state index is 0.481. The summed E-state index contributed by atoms with van der Waals surface area (Å²) in [4.78, 5) is 4.26. The summed E-state index contributed by atoms with van der Waals surface area (Å²) in [5.41, 5.74) is 6.74. The zero-order valence-corrected chi connectivity index (χ0v) is 8.04. The highest BCUT2D eigenvalue weighted by molar-refractivity contribution is 5.06. The van der Waals surface area contributed by atoms with Crippen molar-refractivity contribution < 1.29 is 0 Å². The lowest BCUT2D eigenvalue weighted by molar-refractivity contribution is 0.558. The first-order valence-electron chi connectivity index (χ1n) is 4.39. The van der Waals surface area contributed by atoms with Crippen LogP contribution in [0.1, 0.15) is 31.4 Å². The highest BCUT2D eigenvalue weighted by Crippen LogP contribution is 2.12. The molecule has 0 aliphatic rings. The zero-order valence-electron chi connectivity index (χ0n) is 8.04. The number of nitrogens with two attached hydrogens (primary N) is 1. The molecule has 0 bridgehead atoms. The average Bonchev–Trinajstić information content (AvgIpc) is 2.32. The number of imidazole rings is 1. The van der Waals surface area contributed by atoms with Gasteiger partial charge in [-0.3, -0.25) is 0 Å². The predicted molar refractivity (Wildman–Crippen MR) is 50.1 cm³/mol. The Bertz CT molecular complexity index is 250. The van der Waals surface area contributed by atoms with Gasteiger partial charge in [0.25, 0.3) is 0 Å². The largest absolute Gasteiger partial charge is 0.330 e. The third-order valence-corrected chi connectivity index (χ3v) is 1.98. The molecule has 0 amide bonds. The van der Waals surface area contributed by atoms with Crippen LogP contribution in [0.2, 0.25) is 0 Å². The van der Waals surface area contributed by atoms with Crippen molar-refractivity contribution in [3.8, 4) is 0 Å². The maximum atomic E-state index is 5.50. The monoisotopic (exact) mass is 167 g/mol. The van der Waals surface area contributed by atoms with E-state index in [4.69, 9.17) is 5.73 Å². The molecule has 0 saturated heterocycles. The van der Waals surface area contributed by atoms with Crippen molar-refractivity contribution in [1.82, 2.24) is 9.55 Å². The van der Waals surface area contributed by atoms with Crippen molar-refractivity contribution >= 4 is 0 Å². The molecule has 0 aromatic carbocycles. The summed E-state index contributed by atoms with van der Waals surface area (Å²) in [5.74, 6) is 1.08. The van der Waals surface area contributed by atoms with Crippen LogP contribution in [0.15, 0.2) is 6.20 Å². The molecule has 0 aliphatic carbocycles. The molecule has 3 nitrogen and oxygen atoms in total. The molecule has 0 spiro atoms. The van der Waals surface area contributed by atoms with Crippen LogP contribution >= 0.6 is 0 Å². The molecule has 1 aromatic rings. The van der Waals surface area contributed by atoms with Gasteiger partial charge in [0.2, 0.25) is 0 Å². The fraction of sp³-hybridized carbons (Fsp3) is 0.667. The molecule has 0 atom stereocenters. The average molecular weight is 167 g/mol. The molecular formula is C9H17N3. The molecule has 0 fully saturated rings. The van der Waals surface area contributed by atoms with E-state index in [2.05, 4.69) is 23.4 Å². The number of aromatic nitrogens is 2. The van der Waals surface area contributed by atoms with Gasteiger partial charge in [0, 0.05) is 24.4 Å². The van der Waals surface area contributed by atoms with E-state index >= 15 is 0 Å². The number of nitrogens with zero attached hydrogens (tertiary/aromatic N) is 2. The first-order valence-corrected chi connectivity index (χ1v) is 4.39. The van der Waals surface area contributed by atoms with E-state index in [0.29, 0.717) is 12.6 Å². The van der Waals surface area contributed by atoms with Crippen molar-refractivity contribution in [2.75, 3.05) is 6.54 Å². The van der Waals surface area contributed by atoms with Gasteiger partial charge in [0.05, 0.1) is 0 Å². The number of hydrogen-bond acceptors (Lipinski definition) is 2. The Morgan fingerprint density at radius 2 is 2.25 bits per heavy atom. The van der Waals surface area contributed by atoms with Gasteiger partial charge in [0.1, 0.15) is 5.82 Å². The summed E-state index contributed by atoms with van der Waals surface area (Å²) in [6, 6.07) is 0.481. The fourth-order valence-corrected chi connectivity index (χ4v) is 1.54. The van der Waals surface area contributed by atoms with E-state index in [9.17, 15) is 0 Å². The zero-order chi connectivity index (χ0) is 9.14. The molecule has 12 heavy (non-hydrogen) atoms. The second-order valence-corrected chi connectivity index (χ2v) is 3.30. The van der Waals surface area contributed by atoms with Gasteiger partial charge in [-0.25, -0.2) is 4.98 Å². The van der Waals surface area contributed by atoms with Crippen molar-refractivity contribution in [3.63, 3.8) is 0 Å². The minimum Gasteiger partial charge on any atom is -0.330 e. The van der Waals surface area contributed by atoms with Gasteiger partial charge in [-0.15, -0.1) is 0 Å². The molecule has 1 rings (SSSR count). The van der Waals surface area contributed by atoms with Gasteiger partial charge in [-0.2, -0.15) is 0 Å². The topological polar surface area (TPSA) is 43.8 Å². The van der Waals surface area contributed by atoms with Crippen LogP contribution < -0.4 is 5.73 Å². The van der Waals surface area contributed by atoms with E-state index in [1.807, 2.05) is 13.1 Å². The summed E-state index contributed by atoms with van der Waals surface area (Å²) in [6.45, 7) is 7.04. The molecule has 2 N–H and O–H groups in total. The van der Waals surface area contributed by atoms with E-state index in [1.165, 1.54) is 5.69 Å². The Hall–Kier alpha value is -0.830. The second-order valence-electron chi connectivity index (χ2n) is 3.30. The first-order chi connectivity index (χ1) is 5.66. The van der Waals surface area contributed by atoms with Gasteiger partial charge >= 0.3 is 0 Å². The number of aryl methyl sites for hydroxylation is 1.